The van der Waals surface area contributed by atoms with Gasteiger partial charge in [0, 0.05) is 11.7 Å². The molecule has 0 spiro atoms. The summed E-state index contributed by atoms with van der Waals surface area (Å²) in [6.45, 7) is 0. The van der Waals surface area contributed by atoms with E-state index in [1.807, 2.05) is 78.9 Å². The van der Waals surface area contributed by atoms with E-state index >= 15 is 0 Å². The summed E-state index contributed by atoms with van der Waals surface area (Å²) in [5, 5.41) is 0.586. The molecule has 3 aromatic carbocycles. The summed E-state index contributed by atoms with van der Waals surface area (Å²) in [6.07, 6.45) is 0.364. The summed E-state index contributed by atoms with van der Waals surface area (Å²) in [6, 6.07) is 25.1. The molecule has 0 unspecified atom stereocenters. The van der Waals surface area contributed by atoms with Crippen LogP contribution >= 0.6 is 11.8 Å². The first-order valence-corrected chi connectivity index (χ1v) is 10.5. The number of thioether (sulfide) groups is 1. The molecule has 30 heavy (non-hydrogen) atoms. The van der Waals surface area contributed by atoms with Gasteiger partial charge in [-0.15, -0.1) is 0 Å². The zero-order chi connectivity index (χ0) is 20.9. The highest BCUT2D eigenvalue weighted by Crippen LogP contribution is 2.43. The fourth-order valence-corrected chi connectivity index (χ4v) is 4.57. The van der Waals surface area contributed by atoms with Crippen LogP contribution in [-0.4, -0.2) is 25.3 Å². The molecule has 0 radical (unpaired) electrons. The second-order valence-electron chi connectivity index (χ2n) is 6.72. The highest BCUT2D eigenvalue weighted by atomic mass is 32.2. The lowest BCUT2D eigenvalue weighted by Gasteiger charge is -2.32. The van der Waals surface area contributed by atoms with Crippen molar-refractivity contribution in [1.82, 2.24) is 0 Å². The van der Waals surface area contributed by atoms with Crippen LogP contribution in [0.3, 0.4) is 0 Å². The maximum Gasteiger partial charge on any atom is 0.234 e. The van der Waals surface area contributed by atoms with Crippen molar-refractivity contribution in [3.8, 4) is 11.5 Å². The number of benzene rings is 3. The second kappa shape index (κ2) is 9.05. The number of carbonyl (C=O) groups excluding carboxylic acids is 1. The zero-order valence-corrected chi connectivity index (χ0v) is 17.6. The third-order valence-electron chi connectivity index (χ3n) is 4.82. The molecule has 4 rings (SSSR count). The van der Waals surface area contributed by atoms with Gasteiger partial charge in [-0.25, -0.2) is 4.99 Å². The van der Waals surface area contributed by atoms with Gasteiger partial charge < -0.3 is 9.47 Å². The Kier molecular flexibility index (Phi) is 6.05. The SMILES string of the molecule is COc1ccc([C@@H]2CC(=O)N(c3ccccc3)C(=Nc3ccccc3)S2)cc1OC. The molecule has 0 aliphatic carbocycles. The maximum absolute atomic E-state index is 13.2. The Bertz CT molecular complexity index is 1050. The second-order valence-corrected chi connectivity index (χ2v) is 7.89. The number of ether oxygens (including phenoxy) is 2. The fourth-order valence-electron chi connectivity index (χ4n) is 3.34. The quantitative estimate of drug-likeness (QED) is 0.541. The molecular weight excluding hydrogens is 396 g/mol. The topological polar surface area (TPSA) is 51.1 Å². The molecule has 1 aliphatic rings. The van der Waals surface area contributed by atoms with E-state index in [9.17, 15) is 4.79 Å². The average Bonchev–Trinajstić information content (AvgIpc) is 2.79. The van der Waals surface area contributed by atoms with Crippen LogP contribution in [0.2, 0.25) is 0 Å². The normalized spacial score (nSPS) is 17.8. The third kappa shape index (κ3) is 4.19. The standard InChI is InChI=1S/C24H22N2O3S/c1-28-20-14-13-17(15-21(20)29-2)22-16-23(27)26(19-11-7-4-8-12-19)24(30-22)25-18-9-5-3-6-10-18/h3-15,22H,16H2,1-2H3/t22-/m0/s1. The van der Waals surface area contributed by atoms with Crippen LogP contribution in [0.5, 0.6) is 11.5 Å². The van der Waals surface area contributed by atoms with Crippen LogP contribution in [0, 0.1) is 0 Å². The predicted molar refractivity (Wildman–Crippen MR) is 122 cm³/mol. The Morgan fingerprint density at radius 3 is 2.23 bits per heavy atom. The summed E-state index contributed by atoms with van der Waals surface area (Å²) < 4.78 is 10.8. The molecule has 6 heteroatoms. The van der Waals surface area contributed by atoms with Gasteiger partial charge in [-0.1, -0.05) is 54.2 Å². The number of hydrogen-bond acceptors (Lipinski definition) is 5. The van der Waals surface area contributed by atoms with Crippen LogP contribution in [0.1, 0.15) is 17.2 Å². The Labute approximate surface area is 180 Å². The van der Waals surface area contributed by atoms with E-state index in [-0.39, 0.29) is 11.2 Å². The minimum Gasteiger partial charge on any atom is -0.493 e. The number of nitrogens with zero attached hydrogens (tertiary/aromatic N) is 2. The Morgan fingerprint density at radius 2 is 1.57 bits per heavy atom. The maximum atomic E-state index is 13.2. The van der Waals surface area contributed by atoms with Gasteiger partial charge in [0.25, 0.3) is 0 Å². The van der Waals surface area contributed by atoms with Gasteiger partial charge in [0.1, 0.15) is 0 Å². The van der Waals surface area contributed by atoms with Crippen molar-refractivity contribution in [1.29, 1.82) is 0 Å². The zero-order valence-electron chi connectivity index (χ0n) is 16.8. The molecule has 1 aliphatic heterocycles. The van der Waals surface area contributed by atoms with Crippen molar-refractivity contribution in [3.63, 3.8) is 0 Å². The molecule has 0 aromatic heterocycles. The lowest BCUT2D eigenvalue weighted by Crippen LogP contribution is -2.40. The smallest absolute Gasteiger partial charge is 0.234 e. The molecule has 0 N–H and O–H groups in total. The lowest BCUT2D eigenvalue weighted by atomic mass is 10.1. The van der Waals surface area contributed by atoms with Gasteiger partial charge in [-0.2, -0.15) is 0 Å². The summed E-state index contributed by atoms with van der Waals surface area (Å²) in [5.41, 5.74) is 2.62. The van der Waals surface area contributed by atoms with Crippen LogP contribution < -0.4 is 14.4 Å². The van der Waals surface area contributed by atoms with Gasteiger partial charge in [0.15, 0.2) is 16.7 Å². The van der Waals surface area contributed by atoms with Crippen molar-refractivity contribution in [2.45, 2.75) is 11.7 Å². The minimum atomic E-state index is -0.0697. The van der Waals surface area contributed by atoms with Gasteiger partial charge in [0.2, 0.25) is 5.91 Å². The van der Waals surface area contributed by atoms with E-state index in [0.717, 1.165) is 16.9 Å². The highest BCUT2D eigenvalue weighted by molar-refractivity contribution is 8.14. The summed E-state index contributed by atoms with van der Waals surface area (Å²) >= 11 is 1.58. The molecule has 1 fully saturated rings. The van der Waals surface area contributed by atoms with Crippen molar-refractivity contribution >= 4 is 34.2 Å². The monoisotopic (exact) mass is 418 g/mol. The number of para-hydroxylation sites is 2. The number of aliphatic imine (C=N–C) groups is 1. The molecule has 1 amide bonds. The van der Waals surface area contributed by atoms with Gasteiger partial charge >= 0.3 is 0 Å². The molecule has 5 nitrogen and oxygen atoms in total. The van der Waals surface area contributed by atoms with Crippen LogP contribution in [-0.2, 0) is 4.79 Å². The van der Waals surface area contributed by atoms with Gasteiger partial charge in [-0.3, -0.25) is 9.69 Å². The number of carbonyl (C=O) groups is 1. The first-order valence-electron chi connectivity index (χ1n) is 9.60. The number of methoxy groups -OCH3 is 2. The molecule has 152 valence electrons. The molecule has 3 aromatic rings. The average molecular weight is 419 g/mol. The van der Waals surface area contributed by atoms with Crippen molar-refractivity contribution in [2.24, 2.45) is 4.99 Å². The number of rotatable bonds is 5. The first kappa shape index (κ1) is 20.0. The van der Waals surface area contributed by atoms with Gasteiger partial charge in [0.05, 0.1) is 25.6 Å². The third-order valence-corrected chi connectivity index (χ3v) is 6.03. The number of anilines is 1. The number of hydrogen-bond donors (Lipinski definition) is 0. The van der Waals surface area contributed by atoms with Crippen LogP contribution in [0.4, 0.5) is 11.4 Å². The van der Waals surface area contributed by atoms with E-state index in [0.29, 0.717) is 23.1 Å². The molecule has 1 atom stereocenters. The Hall–Kier alpha value is -3.25. The molecular formula is C24H22N2O3S. The largest absolute Gasteiger partial charge is 0.493 e. The van der Waals surface area contributed by atoms with Crippen molar-refractivity contribution in [3.05, 3.63) is 84.4 Å². The van der Waals surface area contributed by atoms with E-state index in [4.69, 9.17) is 14.5 Å². The molecule has 0 bridgehead atoms. The molecule has 0 saturated carbocycles. The first-order chi connectivity index (χ1) is 14.7. The lowest BCUT2D eigenvalue weighted by molar-refractivity contribution is -0.117. The summed E-state index contributed by atoms with van der Waals surface area (Å²) in [7, 11) is 3.22. The Morgan fingerprint density at radius 1 is 0.900 bits per heavy atom. The predicted octanol–water partition coefficient (Wildman–Crippen LogP) is 5.60. The number of amidine groups is 1. The molecule has 1 heterocycles. The highest BCUT2D eigenvalue weighted by Gasteiger charge is 2.34. The van der Waals surface area contributed by atoms with E-state index in [1.54, 1.807) is 30.9 Å². The van der Waals surface area contributed by atoms with Crippen molar-refractivity contribution < 1.29 is 14.3 Å². The fraction of sp³-hybridized carbons (Fsp3) is 0.167. The number of amides is 1. The van der Waals surface area contributed by atoms with E-state index < -0.39 is 0 Å². The molecule has 1 saturated heterocycles. The van der Waals surface area contributed by atoms with E-state index in [1.165, 1.54) is 0 Å². The summed E-state index contributed by atoms with van der Waals surface area (Å²) in [5.74, 6) is 1.32. The summed E-state index contributed by atoms with van der Waals surface area (Å²) in [4.78, 5) is 19.7. The van der Waals surface area contributed by atoms with Crippen molar-refractivity contribution in [2.75, 3.05) is 19.1 Å². The van der Waals surface area contributed by atoms with Gasteiger partial charge in [-0.05, 0) is 42.0 Å². The minimum absolute atomic E-state index is 0.00872. The van der Waals surface area contributed by atoms with Crippen LogP contribution in [0.15, 0.2) is 83.9 Å². The van der Waals surface area contributed by atoms with Crippen LogP contribution in [0.25, 0.3) is 0 Å². The Balaban J connectivity index is 1.73. The van der Waals surface area contributed by atoms with E-state index in [2.05, 4.69) is 0 Å².